The monoisotopic (exact) mass is 266 g/mol. The molecule has 0 radical (unpaired) electrons. The van der Waals surface area contributed by atoms with Crippen LogP contribution in [0.15, 0.2) is 35.1 Å². The van der Waals surface area contributed by atoms with Crippen LogP contribution in [-0.2, 0) is 0 Å². The van der Waals surface area contributed by atoms with E-state index in [1.54, 1.807) is 18.5 Å². The summed E-state index contributed by atoms with van der Waals surface area (Å²) in [5.41, 5.74) is 0.681. The molecule has 2 rings (SSSR count). The Hall–Kier alpha value is -1.16. The summed E-state index contributed by atoms with van der Waals surface area (Å²) in [4.78, 5) is 17.8. The first-order valence-corrected chi connectivity index (χ1v) is 5.62. The molecule has 0 saturated heterocycles. The molecular formula is C11H11BrN2O. The molecule has 0 fully saturated rings. The fraction of sp³-hybridized carbons (Fsp3) is 0.273. The van der Waals surface area contributed by atoms with E-state index in [1.807, 2.05) is 11.0 Å². The molecule has 0 aliphatic carbocycles. The standard InChI is InChI=1S/C11H11BrN2O/c12-10-8-13-5-4-9(10)11(15)14-6-2-1-3-7-14/h1-2,4-5,8H,3,6-7H2. The summed E-state index contributed by atoms with van der Waals surface area (Å²) < 4.78 is 0.754. The SMILES string of the molecule is O=C(c1ccncc1Br)N1CC=CCC1. The quantitative estimate of drug-likeness (QED) is 0.731. The van der Waals surface area contributed by atoms with E-state index in [4.69, 9.17) is 0 Å². The lowest BCUT2D eigenvalue weighted by molar-refractivity contribution is 0.0770. The van der Waals surface area contributed by atoms with Crippen molar-refractivity contribution in [3.05, 3.63) is 40.6 Å². The molecule has 1 amide bonds. The van der Waals surface area contributed by atoms with Crippen molar-refractivity contribution in [1.29, 1.82) is 0 Å². The minimum atomic E-state index is 0.0635. The van der Waals surface area contributed by atoms with E-state index in [9.17, 15) is 4.79 Å². The molecule has 15 heavy (non-hydrogen) atoms. The minimum absolute atomic E-state index is 0.0635. The minimum Gasteiger partial charge on any atom is -0.335 e. The maximum Gasteiger partial charge on any atom is 0.255 e. The molecule has 78 valence electrons. The lowest BCUT2D eigenvalue weighted by Gasteiger charge is -2.23. The van der Waals surface area contributed by atoms with Crippen LogP contribution >= 0.6 is 15.9 Å². The summed E-state index contributed by atoms with van der Waals surface area (Å²) in [7, 11) is 0. The molecular weight excluding hydrogens is 256 g/mol. The van der Waals surface area contributed by atoms with E-state index < -0.39 is 0 Å². The molecule has 1 aromatic rings. The van der Waals surface area contributed by atoms with Crippen LogP contribution in [0.5, 0.6) is 0 Å². The smallest absolute Gasteiger partial charge is 0.255 e. The summed E-state index contributed by atoms with van der Waals surface area (Å²) in [5.74, 6) is 0.0635. The fourth-order valence-corrected chi connectivity index (χ4v) is 1.96. The van der Waals surface area contributed by atoms with Gasteiger partial charge in [-0.05, 0) is 28.4 Å². The number of carbonyl (C=O) groups excluding carboxylic acids is 1. The summed E-state index contributed by atoms with van der Waals surface area (Å²) in [6.45, 7) is 1.50. The molecule has 1 aromatic heterocycles. The third-order valence-corrected chi connectivity index (χ3v) is 2.98. The molecule has 4 heteroatoms. The number of hydrogen-bond acceptors (Lipinski definition) is 2. The zero-order valence-corrected chi connectivity index (χ0v) is 9.77. The van der Waals surface area contributed by atoms with Crippen molar-refractivity contribution >= 4 is 21.8 Å². The average Bonchev–Trinajstić information content (AvgIpc) is 2.30. The van der Waals surface area contributed by atoms with E-state index in [2.05, 4.69) is 27.0 Å². The third-order valence-electron chi connectivity index (χ3n) is 2.35. The molecule has 2 heterocycles. The van der Waals surface area contributed by atoms with Crippen LogP contribution in [0, 0.1) is 0 Å². The lowest BCUT2D eigenvalue weighted by Crippen LogP contribution is -2.33. The summed E-state index contributed by atoms with van der Waals surface area (Å²) in [6.07, 6.45) is 8.35. The van der Waals surface area contributed by atoms with Gasteiger partial charge in [-0.25, -0.2) is 0 Å². The van der Waals surface area contributed by atoms with E-state index in [0.29, 0.717) is 12.1 Å². The zero-order valence-electron chi connectivity index (χ0n) is 8.19. The second-order valence-electron chi connectivity index (χ2n) is 3.37. The number of pyridine rings is 1. The highest BCUT2D eigenvalue weighted by Gasteiger charge is 2.17. The Morgan fingerprint density at radius 3 is 3.00 bits per heavy atom. The molecule has 0 spiro atoms. The summed E-state index contributed by atoms with van der Waals surface area (Å²) >= 11 is 3.34. The van der Waals surface area contributed by atoms with Crippen LogP contribution in [0.3, 0.4) is 0 Å². The van der Waals surface area contributed by atoms with Crippen LogP contribution in [-0.4, -0.2) is 28.9 Å². The largest absolute Gasteiger partial charge is 0.335 e. The van der Waals surface area contributed by atoms with Crippen LogP contribution in [0.4, 0.5) is 0 Å². The van der Waals surface area contributed by atoms with Gasteiger partial charge in [0.25, 0.3) is 5.91 Å². The molecule has 0 saturated carbocycles. The maximum atomic E-state index is 12.1. The maximum absolute atomic E-state index is 12.1. The number of halogens is 1. The molecule has 1 aliphatic heterocycles. The number of nitrogens with zero attached hydrogens (tertiary/aromatic N) is 2. The van der Waals surface area contributed by atoms with Crippen molar-refractivity contribution < 1.29 is 4.79 Å². The van der Waals surface area contributed by atoms with Gasteiger partial charge in [0.05, 0.1) is 5.56 Å². The van der Waals surface area contributed by atoms with E-state index >= 15 is 0 Å². The Balaban J connectivity index is 2.20. The topological polar surface area (TPSA) is 33.2 Å². The molecule has 0 unspecified atom stereocenters. The molecule has 1 aliphatic rings. The Kier molecular flexibility index (Phi) is 3.16. The number of amides is 1. The molecule has 0 bridgehead atoms. The fourth-order valence-electron chi connectivity index (χ4n) is 1.54. The van der Waals surface area contributed by atoms with Crippen LogP contribution in [0.1, 0.15) is 16.8 Å². The average molecular weight is 267 g/mol. The van der Waals surface area contributed by atoms with Gasteiger partial charge in [-0.2, -0.15) is 0 Å². The van der Waals surface area contributed by atoms with Crippen LogP contribution < -0.4 is 0 Å². The van der Waals surface area contributed by atoms with Crippen molar-refractivity contribution in [2.24, 2.45) is 0 Å². The van der Waals surface area contributed by atoms with Crippen molar-refractivity contribution in [2.45, 2.75) is 6.42 Å². The molecule has 0 aromatic carbocycles. The van der Waals surface area contributed by atoms with Gasteiger partial charge in [-0.15, -0.1) is 0 Å². The van der Waals surface area contributed by atoms with Crippen molar-refractivity contribution in [3.63, 3.8) is 0 Å². The Bertz CT molecular complexity index is 403. The van der Waals surface area contributed by atoms with Gasteiger partial charge in [0.15, 0.2) is 0 Å². The van der Waals surface area contributed by atoms with Gasteiger partial charge in [-0.1, -0.05) is 12.2 Å². The summed E-state index contributed by atoms with van der Waals surface area (Å²) in [6, 6.07) is 1.74. The molecule has 0 atom stereocenters. The highest BCUT2D eigenvalue weighted by atomic mass is 79.9. The Morgan fingerprint density at radius 1 is 1.47 bits per heavy atom. The van der Waals surface area contributed by atoms with Gasteiger partial charge in [0, 0.05) is 30.0 Å². The van der Waals surface area contributed by atoms with Gasteiger partial charge in [0.1, 0.15) is 0 Å². The van der Waals surface area contributed by atoms with E-state index in [0.717, 1.165) is 17.4 Å². The van der Waals surface area contributed by atoms with Gasteiger partial charge in [0.2, 0.25) is 0 Å². The molecule has 3 nitrogen and oxygen atoms in total. The number of aromatic nitrogens is 1. The first kappa shape index (κ1) is 10.4. The van der Waals surface area contributed by atoms with E-state index in [-0.39, 0.29) is 5.91 Å². The van der Waals surface area contributed by atoms with E-state index in [1.165, 1.54) is 0 Å². The Labute approximate surface area is 96.9 Å². The first-order valence-electron chi connectivity index (χ1n) is 4.83. The zero-order chi connectivity index (χ0) is 10.7. The second-order valence-corrected chi connectivity index (χ2v) is 4.22. The lowest BCUT2D eigenvalue weighted by atomic mass is 10.2. The van der Waals surface area contributed by atoms with Crippen molar-refractivity contribution in [2.75, 3.05) is 13.1 Å². The highest BCUT2D eigenvalue weighted by Crippen LogP contribution is 2.17. The van der Waals surface area contributed by atoms with Crippen LogP contribution in [0.2, 0.25) is 0 Å². The highest BCUT2D eigenvalue weighted by molar-refractivity contribution is 9.10. The second kappa shape index (κ2) is 4.57. The van der Waals surface area contributed by atoms with Gasteiger partial charge < -0.3 is 4.90 Å². The predicted octanol–water partition coefficient (Wildman–Crippen LogP) is 2.25. The first-order chi connectivity index (χ1) is 7.29. The molecule has 0 N–H and O–H groups in total. The number of rotatable bonds is 1. The van der Waals surface area contributed by atoms with Crippen molar-refractivity contribution in [3.8, 4) is 0 Å². The van der Waals surface area contributed by atoms with Gasteiger partial charge in [-0.3, -0.25) is 9.78 Å². The predicted molar refractivity (Wildman–Crippen MR) is 61.6 cm³/mol. The van der Waals surface area contributed by atoms with Gasteiger partial charge >= 0.3 is 0 Å². The number of hydrogen-bond donors (Lipinski definition) is 0. The number of carbonyl (C=O) groups is 1. The van der Waals surface area contributed by atoms with Crippen molar-refractivity contribution in [1.82, 2.24) is 9.88 Å². The Morgan fingerprint density at radius 2 is 2.33 bits per heavy atom. The normalized spacial score (nSPS) is 15.4. The third kappa shape index (κ3) is 2.26. The summed E-state index contributed by atoms with van der Waals surface area (Å²) in [5, 5.41) is 0. The van der Waals surface area contributed by atoms with Crippen LogP contribution in [0.25, 0.3) is 0 Å².